The Morgan fingerprint density at radius 3 is 1.38 bits per heavy atom. The largest absolute Gasteiger partial charge is 0.508 e. The molecule has 4 aromatic carbocycles. The molecular formula is C30H22N2O8. The first-order chi connectivity index (χ1) is 19.1. The van der Waals surface area contributed by atoms with Crippen molar-refractivity contribution in [3.63, 3.8) is 0 Å². The van der Waals surface area contributed by atoms with Crippen LogP contribution in [0.5, 0.6) is 23.0 Å². The Kier molecular flexibility index (Phi) is 6.66. The molecule has 0 heterocycles. The van der Waals surface area contributed by atoms with Crippen LogP contribution in [0.2, 0.25) is 0 Å². The number of benzene rings is 4. The molecule has 0 atom stereocenters. The van der Waals surface area contributed by atoms with Crippen LogP contribution in [0.25, 0.3) is 0 Å². The molecular weight excluding hydrogens is 516 g/mol. The molecule has 0 spiro atoms. The molecule has 10 heteroatoms. The summed E-state index contributed by atoms with van der Waals surface area (Å²) < 4.78 is 0. The predicted molar refractivity (Wildman–Crippen MR) is 144 cm³/mol. The zero-order valence-corrected chi connectivity index (χ0v) is 20.8. The fourth-order valence-corrected chi connectivity index (χ4v) is 4.61. The van der Waals surface area contributed by atoms with Crippen molar-refractivity contribution in [1.29, 1.82) is 0 Å². The molecule has 6 N–H and O–H groups in total. The number of hydrogen-bond acceptors (Lipinski definition) is 8. The van der Waals surface area contributed by atoms with Crippen molar-refractivity contribution >= 4 is 34.8 Å². The van der Waals surface area contributed by atoms with Crippen LogP contribution in [0.1, 0.15) is 43.0 Å². The van der Waals surface area contributed by atoms with Crippen LogP contribution in [0.3, 0.4) is 0 Å². The van der Waals surface area contributed by atoms with Crippen LogP contribution in [0.4, 0.5) is 11.4 Å². The van der Waals surface area contributed by atoms with Crippen molar-refractivity contribution in [2.75, 3.05) is 10.6 Å². The summed E-state index contributed by atoms with van der Waals surface area (Å²) in [5.74, 6) is -2.87. The van der Waals surface area contributed by atoms with Gasteiger partial charge < -0.3 is 31.1 Å². The average molecular weight is 539 g/mol. The summed E-state index contributed by atoms with van der Waals surface area (Å²) in [4.78, 5) is 52.7. The van der Waals surface area contributed by atoms with E-state index in [4.69, 9.17) is 0 Å². The molecule has 1 aliphatic rings. The SMILES string of the molecule is O=C(Cc1cc(O)ccc1O)Nc1cccc2c1C(=O)c1cccc(NC(=O)Cc3cc(O)ccc3O)c1C2=O. The Hall–Kier alpha value is -5.64. The van der Waals surface area contributed by atoms with Gasteiger partial charge in [0.05, 0.1) is 35.3 Å². The standard InChI is InChI=1S/C30H22N2O8/c33-17-7-9-23(35)15(11-17)13-25(37)31-21-5-1-3-19-27(21)30(40)20-4-2-6-22(28(20)29(19)39)32-26(38)14-16-12-18(34)8-10-24(16)36/h1-12,33-36H,13-14H2,(H,31,37)(H,32,38). The van der Waals surface area contributed by atoms with Gasteiger partial charge in [-0.25, -0.2) is 0 Å². The maximum Gasteiger partial charge on any atom is 0.228 e. The van der Waals surface area contributed by atoms with Crippen LogP contribution in [0, 0.1) is 0 Å². The Balaban J connectivity index is 1.42. The van der Waals surface area contributed by atoms with Crippen LogP contribution < -0.4 is 10.6 Å². The maximum atomic E-state index is 13.6. The second-order valence-electron chi connectivity index (χ2n) is 9.19. The first-order valence-corrected chi connectivity index (χ1v) is 12.1. The van der Waals surface area contributed by atoms with E-state index in [1.165, 1.54) is 72.8 Å². The lowest BCUT2D eigenvalue weighted by Crippen LogP contribution is -2.26. The molecule has 0 saturated heterocycles. The van der Waals surface area contributed by atoms with E-state index in [1.54, 1.807) is 0 Å². The van der Waals surface area contributed by atoms with E-state index in [9.17, 15) is 39.6 Å². The minimum absolute atomic E-state index is 0.0124. The Morgan fingerprint density at radius 1 is 0.575 bits per heavy atom. The highest BCUT2D eigenvalue weighted by molar-refractivity contribution is 6.32. The van der Waals surface area contributed by atoms with Crippen molar-refractivity contribution in [2.24, 2.45) is 0 Å². The number of rotatable bonds is 6. The van der Waals surface area contributed by atoms with E-state index in [1.807, 2.05) is 0 Å². The first kappa shape index (κ1) is 26.0. The van der Waals surface area contributed by atoms with Crippen LogP contribution >= 0.6 is 0 Å². The molecule has 0 aromatic heterocycles. The van der Waals surface area contributed by atoms with Crippen LogP contribution in [-0.4, -0.2) is 43.8 Å². The number of amides is 2. The lowest BCUT2D eigenvalue weighted by atomic mass is 9.82. The molecule has 10 nitrogen and oxygen atoms in total. The molecule has 2 amide bonds. The highest BCUT2D eigenvalue weighted by Gasteiger charge is 2.34. The summed E-state index contributed by atoms with van der Waals surface area (Å²) in [7, 11) is 0. The van der Waals surface area contributed by atoms with E-state index in [2.05, 4.69) is 10.6 Å². The van der Waals surface area contributed by atoms with Gasteiger partial charge in [-0.05, 0) is 48.5 Å². The normalized spacial score (nSPS) is 11.9. The monoisotopic (exact) mass is 538 g/mol. The Labute approximate surface area is 227 Å². The lowest BCUT2D eigenvalue weighted by molar-refractivity contribution is -0.116. The maximum absolute atomic E-state index is 13.6. The second kappa shape index (κ2) is 10.3. The fraction of sp³-hybridized carbons (Fsp3) is 0.0667. The third-order valence-corrected chi connectivity index (χ3v) is 6.45. The molecule has 5 rings (SSSR count). The van der Waals surface area contributed by atoms with Gasteiger partial charge in [-0.3, -0.25) is 19.2 Å². The molecule has 200 valence electrons. The van der Waals surface area contributed by atoms with Gasteiger partial charge in [0.1, 0.15) is 23.0 Å². The van der Waals surface area contributed by atoms with Crippen molar-refractivity contribution in [2.45, 2.75) is 12.8 Å². The smallest absolute Gasteiger partial charge is 0.228 e. The summed E-state index contributed by atoms with van der Waals surface area (Å²) >= 11 is 0. The fourth-order valence-electron chi connectivity index (χ4n) is 4.61. The van der Waals surface area contributed by atoms with Crippen molar-refractivity contribution in [1.82, 2.24) is 0 Å². The predicted octanol–water partition coefficient (Wildman–Crippen LogP) is 3.65. The molecule has 1 aliphatic carbocycles. The van der Waals surface area contributed by atoms with E-state index >= 15 is 0 Å². The van der Waals surface area contributed by atoms with E-state index in [0.717, 1.165) is 0 Å². The number of phenolic OH excluding ortho intramolecular Hbond substituents is 4. The number of anilines is 2. The second-order valence-corrected chi connectivity index (χ2v) is 9.19. The van der Waals surface area contributed by atoms with Gasteiger partial charge in [-0.1, -0.05) is 24.3 Å². The molecule has 0 unspecified atom stereocenters. The van der Waals surface area contributed by atoms with Gasteiger partial charge >= 0.3 is 0 Å². The van der Waals surface area contributed by atoms with Crippen LogP contribution in [-0.2, 0) is 22.4 Å². The number of ketones is 2. The zero-order valence-electron chi connectivity index (χ0n) is 20.8. The molecule has 40 heavy (non-hydrogen) atoms. The zero-order chi connectivity index (χ0) is 28.6. The van der Waals surface area contributed by atoms with E-state index in [-0.39, 0.29) is 80.6 Å². The number of phenols is 4. The van der Waals surface area contributed by atoms with Gasteiger partial charge in [0, 0.05) is 22.3 Å². The average Bonchev–Trinajstić information content (AvgIpc) is 2.91. The lowest BCUT2D eigenvalue weighted by Gasteiger charge is -2.22. The summed E-state index contributed by atoms with van der Waals surface area (Å²) in [6.07, 6.45) is -0.596. The number of fused-ring (bicyclic) bond motifs is 2. The molecule has 0 saturated carbocycles. The molecule has 0 fully saturated rings. The summed E-state index contributed by atoms with van der Waals surface area (Å²) in [5, 5.41) is 44.5. The number of nitrogens with one attached hydrogen (secondary N) is 2. The minimum atomic E-state index is -0.587. The van der Waals surface area contributed by atoms with Crippen LogP contribution in [0.15, 0.2) is 72.8 Å². The number of aromatic hydroxyl groups is 4. The summed E-state index contributed by atoms with van der Waals surface area (Å²) in [6.45, 7) is 0. The topological polar surface area (TPSA) is 173 Å². The van der Waals surface area contributed by atoms with Gasteiger partial charge in [0.25, 0.3) is 0 Å². The van der Waals surface area contributed by atoms with E-state index < -0.39 is 23.4 Å². The molecule has 0 bridgehead atoms. The Bertz CT molecular complexity index is 1600. The highest BCUT2D eigenvalue weighted by Crippen LogP contribution is 2.36. The third-order valence-electron chi connectivity index (χ3n) is 6.45. The number of carbonyl (C=O) groups excluding carboxylic acids is 4. The molecule has 4 aromatic rings. The number of carbonyl (C=O) groups is 4. The van der Waals surface area contributed by atoms with Crippen molar-refractivity contribution < 1.29 is 39.6 Å². The van der Waals surface area contributed by atoms with Gasteiger partial charge in [0.2, 0.25) is 11.8 Å². The van der Waals surface area contributed by atoms with Crippen molar-refractivity contribution in [3.8, 4) is 23.0 Å². The number of hydrogen-bond donors (Lipinski definition) is 6. The highest BCUT2D eigenvalue weighted by atomic mass is 16.3. The summed E-state index contributed by atoms with van der Waals surface area (Å²) in [5.41, 5.74) is 0.581. The molecule has 0 radical (unpaired) electrons. The van der Waals surface area contributed by atoms with Crippen molar-refractivity contribution in [3.05, 3.63) is 106 Å². The minimum Gasteiger partial charge on any atom is -0.508 e. The van der Waals surface area contributed by atoms with Gasteiger partial charge in [0.15, 0.2) is 11.6 Å². The summed E-state index contributed by atoms with van der Waals surface area (Å²) in [6, 6.07) is 16.4. The van der Waals surface area contributed by atoms with Gasteiger partial charge in [-0.2, -0.15) is 0 Å². The quantitative estimate of drug-likeness (QED) is 0.178. The van der Waals surface area contributed by atoms with Gasteiger partial charge in [-0.15, -0.1) is 0 Å². The Morgan fingerprint density at radius 2 is 0.975 bits per heavy atom. The first-order valence-electron chi connectivity index (χ1n) is 12.1. The third kappa shape index (κ3) is 4.93. The molecule has 0 aliphatic heterocycles. The van der Waals surface area contributed by atoms with E-state index in [0.29, 0.717) is 0 Å².